The minimum Gasteiger partial charge on any atom is -0.466 e. The maximum Gasteiger partial charge on any atom is 0.408 e. The smallest absolute Gasteiger partial charge is 0.408 e. The van der Waals surface area contributed by atoms with E-state index in [2.05, 4.69) is 10.1 Å². The first-order valence-electron chi connectivity index (χ1n) is 6.46. The van der Waals surface area contributed by atoms with Gasteiger partial charge in [0.2, 0.25) is 0 Å². The van der Waals surface area contributed by atoms with Gasteiger partial charge in [-0.1, -0.05) is 6.08 Å². The normalized spacial score (nSPS) is 32.2. The minimum atomic E-state index is -0.476. The molecule has 0 aromatic heterocycles. The lowest BCUT2D eigenvalue weighted by molar-refractivity contribution is -0.136. The van der Waals surface area contributed by atoms with Gasteiger partial charge in [-0.3, -0.25) is 0 Å². The van der Waals surface area contributed by atoms with Gasteiger partial charge in [-0.05, 0) is 45.4 Å². The zero-order chi connectivity index (χ0) is 14.3. The summed E-state index contributed by atoms with van der Waals surface area (Å²) in [7, 11) is 1.36. The van der Waals surface area contributed by atoms with Gasteiger partial charge in [0.05, 0.1) is 7.11 Å². The van der Waals surface area contributed by atoms with Crippen molar-refractivity contribution in [2.45, 2.75) is 51.2 Å². The van der Waals surface area contributed by atoms with Crippen LogP contribution in [-0.4, -0.2) is 30.3 Å². The number of ether oxygens (including phenoxy) is 2. The summed E-state index contributed by atoms with van der Waals surface area (Å²) in [5.41, 5.74) is -0.526. The Morgan fingerprint density at radius 3 is 2.26 bits per heavy atom. The van der Waals surface area contributed by atoms with Crippen molar-refractivity contribution in [1.29, 1.82) is 0 Å². The van der Waals surface area contributed by atoms with E-state index in [9.17, 15) is 9.59 Å². The van der Waals surface area contributed by atoms with Gasteiger partial charge >= 0.3 is 12.1 Å². The first-order valence-corrected chi connectivity index (χ1v) is 6.46. The molecule has 0 aliphatic heterocycles. The van der Waals surface area contributed by atoms with Crippen molar-refractivity contribution in [1.82, 2.24) is 5.32 Å². The van der Waals surface area contributed by atoms with Crippen LogP contribution in [0.15, 0.2) is 12.2 Å². The van der Waals surface area contributed by atoms with Crippen LogP contribution in [0.4, 0.5) is 4.79 Å². The molecule has 3 fully saturated rings. The third-order valence-corrected chi connectivity index (χ3v) is 3.61. The van der Waals surface area contributed by atoms with E-state index >= 15 is 0 Å². The molecule has 3 rings (SSSR count). The molecule has 5 heteroatoms. The molecule has 1 amide bonds. The van der Waals surface area contributed by atoms with Gasteiger partial charge in [-0.15, -0.1) is 0 Å². The van der Waals surface area contributed by atoms with E-state index in [0.29, 0.717) is 0 Å². The highest BCUT2D eigenvalue weighted by Crippen LogP contribution is 2.68. The van der Waals surface area contributed by atoms with Crippen LogP contribution in [0.1, 0.15) is 40.0 Å². The lowest BCUT2D eigenvalue weighted by Gasteiger charge is -2.69. The average Bonchev–Trinajstić information content (AvgIpc) is 2.16. The van der Waals surface area contributed by atoms with E-state index in [0.717, 1.165) is 19.3 Å². The highest BCUT2D eigenvalue weighted by molar-refractivity contribution is 5.82. The van der Waals surface area contributed by atoms with Gasteiger partial charge in [0.25, 0.3) is 0 Å². The zero-order valence-corrected chi connectivity index (χ0v) is 11.9. The number of esters is 1. The third-order valence-electron chi connectivity index (χ3n) is 3.61. The minimum absolute atomic E-state index is 0.0726. The van der Waals surface area contributed by atoms with Crippen LogP contribution in [0, 0.1) is 5.41 Å². The second-order valence-electron chi connectivity index (χ2n) is 6.66. The highest BCUT2D eigenvalue weighted by atomic mass is 16.6. The maximum atomic E-state index is 11.7. The summed E-state index contributed by atoms with van der Waals surface area (Å²) < 4.78 is 9.80. The molecule has 106 valence electrons. The van der Waals surface area contributed by atoms with E-state index < -0.39 is 5.60 Å². The molecule has 19 heavy (non-hydrogen) atoms. The van der Waals surface area contributed by atoms with Crippen molar-refractivity contribution in [2.24, 2.45) is 5.41 Å². The summed E-state index contributed by atoms with van der Waals surface area (Å²) >= 11 is 0. The maximum absolute atomic E-state index is 11.7. The number of carbonyl (C=O) groups excluding carboxylic acids is 2. The van der Waals surface area contributed by atoms with Crippen LogP contribution in [0.5, 0.6) is 0 Å². The SMILES string of the molecule is COC(=O)C=CC12CC(NC(=O)OC(C)(C)C)(C1)C2. The Morgan fingerprint density at radius 1 is 1.21 bits per heavy atom. The Hall–Kier alpha value is -1.52. The van der Waals surface area contributed by atoms with Gasteiger partial charge in [0.1, 0.15) is 5.60 Å². The molecular weight excluding hydrogens is 246 g/mol. The van der Waals surface area contributed by atoms with Crippen LogP contribution in [0.3, 0.4) is 0 Å². The molecular formula is C14H21NO4. The van der Waals surface area contributed by atoms with Crippen molar-refractivity contribution in [3.05, 3.63) is 12.2 Å². The summed E-state index contributed by atoms with van der Waals surface area (Å²) in [6.07, 6.45) is 5.61. The average molecular weight is 267 g/mol. The van der Waals surface area contributed by atoms with Crippen molar-refractivity contribution >= 4 is 12.1 Å². The monoisotopic (exact) mass is 267 g/mol. The third kappa shape index (κ3) is 2.91. The van der Waals surface area contributed by atoms with Gasteiger partial charge in [0, 0.05) is 11.6 Å². The van der Waals surface area contributed by atoms with Crippen LogP contribution < -0.4 is 5.32 Å². The Morgan fingerprint density at radius 2 is 1.79 bits per heavy atom. The molecule has 3 saturated carbocycles. The fraction of sp³-hybridized carbons (Fsp3) is 0.714. The van der Waals surface area contributed by atoms with E-state index in [1.54, 1.807) is 0 Å². The number of rotatable bonds is 3. The number of carbonyl (C=O) groups is 2. The first-order chi connectivity index (χ1) is 8.68. The first kappa shape index (κ1) is 13.9. The summed E-state index contributed by atoms with van der Waals surface area (Å²) in [6.45, 7) is 5.53. The largest absolute Gasteiger partial charge is 0.466 e. The number of allylic oxidation sites excluding steroid dienone is 1. The second kappa shape index (κ2) is 4.25. The summed E-state index contributed by atoms with van der Waals surface area (Å²) in [5.74, 6) is -0.334. The molecule has 3 aliphatic carbocycles. The van der Waals surface area contributed by atoms with Crippen LogP contribution in [0.25, 0.3) is 0 Å². The molecule has 0 spiro atoms. The fourth-order valence-electron chi connectivity index (χ4n) is 3.01. The van der Waals surface area contributed by atoms with Crippen molar-refractivity contribution in [3.63, 3.8) is 0 Å². The zero-order valence-electron chi connectivity index (χ0n) is 11.9. The Bertz CT molecular complexity index is 413. The van der Waals surface area contributed by atoms with E-state index in [1.807, 2.05) is 26.8 Å². The van der Waals surface area contributed by atoms with Crippen LogP contribution in [-0.2, 0) is 14.3 Å². The van der Waals surface area contributed by atoms with Crippen LogP contribution in [0.2, 0.25) is 0 Å². The van der Waals surface area contributed by atoms with Crippen molar-refractivity contribution in [3.8, 4) is 0 Å². The van der Waals surface area contributed by atoms with Crippen molar-refractivity contribution < 1.29 is 19.1 Å². The lowest BCUT2D eigenvalue weighted by atomic mass is 9.39. The molecule has 2 bridgehead atoms. The fourth-order valence-corrected chi connectivity index (χ4v) is 3.01. The van der Waals surface area contributed by atoms with E-state index in [4.69, 9.17) is 4.74 Å². The predicted octanol–water partition coefficient (Wildman–Crippen LogP) is 2.16. The number of alkyl carbamates (subject to hydrolysis) is 1. The topological polar surface area (TPSA) is 64.6 Å². The lowest BCUT2D eigenvalue weighted by Crippen LogP contribution is -2.74. The molecule has 3 aliphatic rings. The van der Waals surface area contributed by atoms with Gasteiger partial charge < -0.3 is 14.8 Å². The number of hydrogen-bond donors (Lipinski definition) is 1. The second-order valence-corrected chi connectivity index (χ2v) is 6.66. The molecule has 5 nitrogen and oxygen atoms in total. The molecule has 0 atom stereocenters. The van der Waals surface area contributed by atoms with Crippen LogP contribution >= 0.6 is 0 Å². The molecule has 0 saturated heterocycles. The van der Waals surface area contributed by atoms with Gasteiger partial charge in [-0.2, -0.15) is 0 Å². The highest BCUT2D eigenvalue weighted by Gasteiger charge is 2.67. The van der Waals surface area contributed by atoms with Gasteiger partial charge in [0.15, 0.2) is 0 Å². The number of nitrogens with one attached hydrogen (secondary N) is 1. The molecule has 0 unspecified atom stereocenters. The number of amides is 1. The van der Waals surface area contributed by atoms with Crippen molar-refractivity contribution in [2.75, 3.05) is 7.11 Å². The summed E-state index contributed by atoms with van der Waals surface area (Å²) in [5, 5.41) is 2.93. The Kier molecular flexibility index (Phi) is 3.11. The van der Waals surface area contributed by atoms with E-state index in [-0.39, 0.29) is 23.0 Å². The standard InChI is InChI=1S/C14H21NO4/c1-12(2,3)19-11(17)15-14-7-13(8-14,9-14)6-5-10(16)18-4/h5-6H,7-9H2,1-4H3,(H,15,17). The molecule has 0 aromatic carbocycles. The molecule has 1 N–H and O–H groups in total. The molecule has 0 aromatic rings. The molecule has 0 heterocycles. The number of methoxy groups -OCH3 is 1. The predicted molar refractivity (Wildman–Crippen MR) is 69.5 cm³/mol. The summed E-state index contributed by atoms with van der Waals surface area (Å²) in [4.78, 5) is 22.7. The molecule has 0 radical (unpaired) electrons. The van der Waals surface area contributed by atoms with Gasteiger partial charge in [-0.25, -0.2) is 9.59 Å². The van der Waals surface area contributed by atoms with E-state index in [1.165, 1.54) is 13.2 Å². The Labute approximate surface area is 113 Å². The Balaban J connectivity index is 1.79. The summed E-state index contributed by atoms with van der Waals surface area (Å²) in [6, 6.07) is 0. The number of hydrogen-bond acceptors (Lipinski definition) is 4. The quantitative estimate of drug-likeness (QED) is 0.628.